The summed E-state index contributed by atoms with van der Waals surface area (Å²) >= 11 is 12.0. The van der Waals surface area contributed by atoms with Crippen molar-refractivity contribution in [2.75, 3.05) is 31.6 Å². The highest BCUT2D eigenvalue weighted by atomic mass is 35.5. The van der Waals surface area contributed by atoms with Gasteiger partial charge in [0.1, 0.15) is 11.3 Å². The van der Waals surface area contributed by atoms with Gasteiger partial charge in [-0.3, -0.25) is 4.79 Å². The summed E-state index contributed by atoms with van der Waals surface area (Å²) in [5, 5.41) is 2.07. The van der Waals surface area contributed by atoms with Crippen LogP contribution in [0.3, 0.4) is 0 Å². The average Bonchev–Trinajstić information content (AvgIpc) is 2.69. The van der Waals surface area contributed by atoms with Gasteiger partial charge in [-0.05, 0) is 30.3 Å². The molecule has 1 aliphatic heterocycles. The van der Waals surface area contributed by atoms with E-state index >= 15 is 0 Å². The molecule has 160 valence electrons. The second kappa shape index (κ2) is 9.11. The van der Waals surface area contributed by atoms with Crippen LogP contribution < -0.4 is 10.1 Å². The van der Waals surface area contributed by atoms with Crippen LogP contribution >= 0.6 is 23.2 Å². The zero-order valence-corrected chi connectivity index (χ0v) is 16.8. The van der Waals surface area contributed by atoms with Gasteiger partial charge in [-0.15, -0.1) is 0 Å². The Kier molecular flexibility index (Phi) is 6.74. The van der Waals surface area contributed by atoms with Crippen LogP contribution in [0.1, 0.15) is 15.9 Å². The molecule has 0 atom stereocenters. The zero-order chi connectivity index (χ0) is 21.9. The van der Waals surface area contributed by atoms with Gasteiger partial charge in [-0.1, -0.05) is 29.3 Å². The van der Waals surface area contributed by atoms with E-state index in [4.69, 9.17) is 32.7 Å². The normalized spacial score (nSPS) is 14.4. The second-order valence-corrected chi connectivity index (χ2v) is 7.04. The Balaban J connectivity index is 1.81. The molecule has 1 fully saturated rings. The van der Waals surface area contributed by atoms with Crippen molar-refractivity contribution in [2.45, 2.75) is 6.18 Å². The highest BCUT2D eigenvalue weighted by molar-refractivity contribution is 6.36. The van der Waals surface area contributed by atoms with Crippen LogP contribution in [0.15, 0.2) is 36.4 Å². The SMILES string of the molecule is O=C(Nc1ccc(C(F)(F)F)cc1Cl)c1c(Cl)cccc1OC(=O)N1CCOCC1. The first-order valence-electron chi connectivity index (χ1n) is 8.68. The summed E-state index contributed by atoms with van der Waals surface area (Å²) in [5.74, 6) is -0.897. The molecule has 0 aromatic heterocycles. The van der Waals surface area contributed by atoms with Gasteiger partial charge in [0.25, 0.3) is 5.91 Å². The van der Waals surface area contributed by atoms with E-state index < -0.39 is 23.7 Å². The maximum atomic E-state index is 12.8. The van der Waals surface area contributed by atoms with Crippen LogP contribution in [0.5, 0.6) is 5.75 Å². The quantitative estimate of drug-likeness (QED) is 0.689. The predicted octanol–water partition coefficient (Wildman–Crippen LogP) is 5.10. The van der Waals surface area contributed by atoms with Gasteiger partial charge < -0.3 is 19.7 Å². The van der Waals surface area contributed by atoms with E-state index in [0.29, 0.717) is 32.4 Å². The van der Waals surface area contributed by atoms with Gasteiger partial charge in [0, 0.05) is 13.1 Å². The number of benzene rings is 2. The fourth-order valence-electron chi connectivity index (χ4n) is 2.69. The fourth-order valence-corrected chi connectivity index (χ4v) is 3.17. The van der Waals surface area contributed by atoms with Gasteiger partial charge in [0.2, 0.25) is 0 Å². The number of amides is 2. The molecule has 0 saturated carbocycles. The smallest absolute Gasteiger partial charge is 0.409 e. The summed E-state index contributed by atoms with van der Waals surface area (Å²) in [4.78, 5) is 26.5. The van der Waals surface area contributed by atoms with Gasteiger partial charge in [-0.25, -0.2) is 4.79 Å². The van der Waals surface area contributed by atoms with E-state index in [0.717, 1.165) is 12.1 Å². The van der Waals surface area contributed by atoms with E-state index in [9.17, 15) is 22.8 Å². The third-order valence-electron chi connectivity index (χ3n) is 4.21. The Bertz CT molecular complexity index is 963. The molecule has 1 saturated heterocycles. The number of rotatable bonds is 3. The summed E-state index contributed by atoms with van der Waals surface area (Å²) in [6.45, 7) is 1.40. The van der Waals surface area contributed by atoms with Crippen LogP contribution in [0.4, 0.5) is 23.7 Å². The third-order valence-corrected chi connectivity index (χ3v) is 4.84. The molecule has 30 heavy (non-hydrogen) atoms. The molecule has 2 amide bonds. The molecule has 2 aromatic rings. The molecule has 1 aliphatic rings. The highest BCUT2D eigenvalue weighted by Gasteiger charge is 2.31. The number of hydrogen-bond donors (Lipinski definition) is 1. The number of nitrogens with zero attached hydrogens (tertiary/aromatic N) is 1. The molecule has 2 aromatic carbocycles. The number of nitrogens with one attached hydrogen (secondary N) is 1. The monoisotopic (exact) mass is 462 g/mol. The van der Waals surface area contributed by atoms with Crippen molar-refractivity contribution < 1.29 is 32.2 Å². The first kappa shape index (κ1) is 22.2. The van der Waals surface area contributed by atoms with Gasteiger partial charge in [0.05, 0.1) is 34.5 Å². The van der Waals surface area contributed by atoms with Crippen LogP contribution in [-0.4, -0.2) is 43.2 Å². The Morgan fingerprint density at radius 1 is 1.07 bits per heavy atom. The van der Waals surface area contributed by atoms with Crippen molar-refractivity contribution >= 4 is 40.9 Å². The Hall–Kier alpha value is -2.49. The maximum absolute atomic E-state index is 12.8. The summed E-state index contributed by atoms with van der Waals surface area (Å²) in [7, 11) is 0. The van der Waals surface area contributed by atoms with Gasteiger partial charge in [0.15, 0.2) is 0 Å². The minimum atomic E-state index is -4.57. The molecule has 0 unspecified atom stereocenters. The zero-order valence-electron chi connectivity index (χ0n) is 15.3. The van der Waals surface area contributed by atoms with Gasteiger partial charge in [-0.2, -0.15) is 13.2 Å². The molecule has 1 N–H and O–H groups in total. The molecule has 1 heterocycles. The predicted molar refractivity (Wildman–Crippen MR) is 104 cm³/mol. The summed E-state index contributed by atoms with van der Waals surface area (Å²) in [6.07, 6.45) is -5.25. The van der Waals surface area contributed by atoms with Crippen LogP contribution in [0.2, 0.25) is 10.0 Å². The van der Waals surface area contributed by atoms with E-state index in [-0.39, 0.29) is 27.0 Å². The number of ether oxygens (including phenoxy) is 2. The number of hydrogen-bond acceptors (Lipinski definition) is 4. The van der Waals surface area contributed by atoms with Crippen LogP contribution in [-0.2, 0) is 10.9 Å². The van der Waals surface area contributed by atoms with E-state index in [2.05, 4.69) is 5.32 Å². The Morgan fingerprint density at radius 2 is 1.77 bits per heavy atom. The number of morpholine rings is 1. The van der Waals surface area contributed by atoms with Crippen molar-refractivity contribution in [3.63, 3.8) is 0 Å². The van der Waals surface area contributed by atoms with Crippen molar-refractivity contribution in [3.05, 3.63) is 57.6 Å². The first-order chi connectivity index (χ1) is 14.2. The first-order valence-corrected chi connectivity index (χ1v) is 9.43. The lowest BCUT2D eigenvalue weighted by atomic mass is 10.1. The van der Waals surface area contributed by atoms with Crippen molar-refractivity contribution in [1.29, 1.82) is 0 Å². The molecular formula is C19H15Cl2F3N2O4. The minimum Gasteiger partial charge on any atom is -0.409 e. The standard InChI is InChI=1S/C19H15Cl2F3N2O4/c20-12-2-1-3-15(30-18(28)26-6-8-29-9-7-26)16(12)17(27)25-14-5-4-11(10-13(14)21)19(22,23)24/h1-5,10H,6-9H2,(H,25,27). The second-order valence-electron chi connectivity index (χ2n) is 6.23. The number of anilines is 1. The molecule has 6 nitrogen and oxygen atoms in total. The lowest BCUT2D eigenvalue weighted by Crippen LogP contribution is -2.42. The molecule has 11 heteroatoms. The maximum Gasteiger partial charge on any atom is 0.416 e. The minimum absolute atomic E-state index is 0.0113. The largest absolute Gasteiger partial charge is 0.416 e. The molecule has 3 rings (SSSR count). The number of alkyl halides is 3. The van der Waals surface area contributed by atoms with Crippen molar-refractivity contribution in [2.24, 2.45) is 0 Å². The Labute approximate surface area is 179 Å². The van der Waals surface area contributed by atoms with E-state index in [1.54, 1.807) is 0 Å². The highest BCUT2D eigenvalue weighted by Crippen LogP contribution is 2.35. The number of carbonyl (C=O) groups is 2. The molecule has 0 aliphatic carbocycles. The molecule has 0 radical (unpaired) electrons. The van der Waals surface area contributed by atoms with E-state index in [1.165, 1.54) is 23.1 Å². The number of carbonyl (C=O) groups excluding carboxylic acids is 2. The van der Waals surface area contributed by atoms with Crippen LogP contribution in [0.25, 0.3) is 0 Å². The summed E-state index contributed by atoms with van der Waals surface area (Å²) < 4.78 is 48.8. The average molecular weight is 463 g/mol. The summed E-state index contributed by atoms with van der Waals surface area (Å²) in [6, 6.07) is 6.80. The van der Waals surface area contributed by atoms with E-state index in [1.807, 2.05) is 0 Å². The molecule has 0 bridgehead atoms. The van der Waals surface area contributed by atoms with Crippen LogP contribution in [0, 0.1) is 0 Å². The molecular weight excluding hydrogens is 448 g/mol. The lowest BCUT2D eigenvalue weighted by molar-refractivity contribution is -0.137. The third kappa shape index (κ3) is 5.16. The summed E-state index contributed by atoms with van der Waals surface area (Å²) in [5.41, 5.74) is -1.17. The number of halogens is 5. The molecule has 0 spiro atoms. The topological polar surface area (TPSA) is 67.9 Å². The van der Waals surface area contributed by atoms with Crippen molar-refractivity contribution in [1.82, 2.24) is 4.90 Å². The fraction of sp³-hybridized carbons (Fsp3) is 0.263. The van der Waals surface area contributed by atoms with Gasteiger partial charge >= 0.3 is 12.3 Å². The van der Waals surface area contributed by atoms with Crippen molar-refractivity contribution in [3.8, 4) is 5.75 Å². The lowest BCUT2D eigenvalue weighted by Gasteiger charge is -2.26. The Morgan fingerprint density at radius 3 is 2.40 bits per heavy atom.